The lowest BCUT2D eigenvalue weighted by Gasteiger charge is -2.09. The van der Waals surface area contributed by atoms with Crippen molar-refractivity contribution in [2.24, 2.45) is 0 Å². The number of nitrogens with one attached hydrogen (secondary N) is 1. The van der Waals surface area contributed by atoms with E-state index in [0.29, 0.717) is 16.5 Å². The van der Waals surface area contributed by atoms with Crippen LogP contribution in [0.4, 0.5) is 5.69 Å². The highest BCUT2D eigenvalue weighted by Crippen LogP contribution is 2.32. The predicted octanol–water partition coefficient (Wildman–Crippen LogP) is 4.71. The maximum absolute atomic E-state index is 6.21. The Hall–Kier alpha value is -2.20. The summed E-state index contributed by atoms with van der Waals surface area (Å²) < 4.78 is 11.0. The van der Waals surface area contributed by atoms with Crippen molar-refractivity contribution in [3.8, 4) is 11.5 Å². The van der Waals surface area contributed by atoms with Gasteiger partial charge in [-0.2, -0.15) is 0 Å². The summed E-state index contributed by atoms with van der Waals surface area (Å²) in [4.78, 5) is 4.09. The van der Waals surface area contributed by atoms with E-state index in [0.717, 1.165) is 23.3 Å². The minimum atomic E-state index is 0.559. The molecule has 5 heteroatoms. The number of anilines is 1. The largest absolute Gasteiger partial charge is 0.456 e. The molecule has 0 bridgehead atoms. The summed E-state index contributed by atoms with van der Waals surface area (Å²) in [6.45, 7) is 2.88. The summed E-state index contributed by atoms with van der Waals surface area (Å²) >= 11 is 6.21. The molecule has 0 unspecified atom stereocenters. The number of oxazole rings is 1. The van der Waals surface area contributed by atoms with Crippen LogP contribution in [0.2, 0.25) is 5.02 Å². The van der Waals surface area contributed by atoms with Crippen molar-refractivity contribution in [2.75, 3.05) is 11.9 Å². The van der Waals surface area contributed by atoms with Crippen molar-refractivity contribution in [2.45, 2.75) is 6.92 Å². The third-order valence-corrected chi connectivity index (χ3v) is 3.14. The van der Waals surface area contributed by atoms with E-state index in [2.05, 4.69) is 10.3 Å². The highest BCUT2D eigenvalue weighted by atomic mass is 35.5. The molecule has 0 aliphatic heterocycles. The van der Waals surface area contributed by atoms with Crippen LogP contribution in [-0.2, 0) is 0 Å². The van der Waals surface area contributed by atoms with Gasteiger partial charge in [-0.25, -0.2) is 4.98 Å². The van der Waals surface area contributed by atoms with Gasteiger partial charge in [-0.05, 0) is 37.3 Å². The van der Waals surface area contributed by atoms with Crippen molar-refractivity contribution >= 4 is 28.4 Å². The molecule has 0 fully saturated rings. The molecule has 1 N–H and O–H groups in total. The number of ether oxygens (including phenoxy) is 1. The predicted molar refractivity (Wildman–Crippen MR) is 79.7 cm³/mol. The van der Waals surface area contributed by atoms with Crippen molar-refractivity contribution in [1.29, 1.82) is 0 Å². The summed E-state index contributed by atoms with van der Waals surface area (Å²) in [5.41, 5.74) is 2.45. The molecule has 1 aromatic heterocycles. The van der Waals surface area contributed by atoms with E-state index in [1.165, 1.54) is 6.39 Å². The average molecular weight is 289 g/mol. The van der Waals surface area contributed by atoms with Gasteiger partial charge in [-0.3, -0.25) is 0 Å². The maximum atomic E-state index is 6.21. The zero-order valence-corrected chi connectivity index (χ0v) is 11.6. The first-order valence-electron chi connectivity index (χ1n) is 6.31. The van der Waals surface area contributed by atoms with E-state index in [1.54, 1.807) is 0 Å². The van der Waals surface area contributed by atoms with Crippen LogP contribution in [0.5, 0.6) is 11.5 Å². The highest BCUT2D eigenvalue weighted by Gasteiger charge is 2.06. The number of halogens is 1. The first-order valence-corrected chi connectivity index (χ1v) is 6.68. The summed E-state index contributed by atoms with van der Waals surface area (Å²) in [6, 6.07) is 11.1. The van der Waals surface area contributed by atoms with Gasteiger partial charge in [0.25, 0.3) is 0 Å². The number of benzene rings is 2. The number of hydrogen-bond donors (Lipinski definition) is 1. The average Bonchev–Trinajstić information content (AvgIpc) is 2.90. The Morgan fingerprint density at radius 2 is 2.15 bits per heavy atom. The SMILES string of the molecule is CCNc1ccc(Oc2ccc3ocnc3c2)c(Cl)c1. The Bertz CT molecular complexity index is 740. The molecule has 1 heterocycles. The van der Waals surface area contributed by atoms with E-state index < -0.39 is 0 Å². The molecule has 0 aliphatic carbocycles. The molecule has 0 atom stereocenters. The van der Waals surface area contributed by atoms with E-state index >= 15 is 0 Å². The lowest BCUT2D eigenvalue weighted by molar-refractivity contribution is 0.483. The van der Waals surface area contributed by atoms with Crippen molar-refractivity contribution < 1.29 is 9.15 Å². The fraction of sp³-hybridized carbons (Fsp3) is 0.133. The van der Waals surface area contributed by atoms with Gasteiger partial charge in [-0.1, -0.05) is 11.6 Å². The zero-order chi connectivity index (χ0) is 13.9. The molecule has 0 aliphatic rings. The molecule has 0 amide bonds. The molecule has 3 aromatic rings. The van der Waals surface area contributed by atoms with E-state index in [9.17, 15) is 0 Å². The van der Waals surface area contributed by atoms with Gasteiger partial charge in [0.05, 0.1) is 5.02 Å². The minimum Gasteiger partial charge on any atom is -0.456 e. The maximum Gasteiger partial charge on any atom is 0.181 e. The van der Waals surface area contributed by atoms with Crippen LogP contribution in [0, 0.1) is 0 Å². The Balaban J connectivity index is 1.86. The summed E-state index contributed by atoms with van der Waals surface area (Å²) in [6.07, 6.45) is 1.41. The second-order valence-electron chi connectivity index (χ2n) is 4.26. The van der Waals surface area contributed by atoms with Gasteiger partial charge < -0.3 is 14.5 Å². The molecule has 2 aromatic carbocycles. The van der Waals surface area contributed by atoms with Crippen LogP contribution in [0.1, 0.15) is 6.92 Å². The van der Waals surface area contributed by atoms with Gasteiger partial charge in [0, 0.05) is 18.3 Å². The Morgan fingerprint density at radius 3 is 2.95 bits per heavy atom. The van der Waals surface area contributed by atoms with Crippen LogP contribution in [0.15, 0.2) is 47.2 Å². The molecule has 0 spiro atoms. The fourth-order valence-electron chi connectivity index (χ4n) is 1.93. The quantitative estimate of drug-likeness (QED) is 0.755. The summed E-state index contributed by atoms with van der Waals surface area (Å²) in [5, 5.41) is 3.76. The smallest absolute Gasteiger partial charge is 0.181 e. The van der Waals surface area contributed by atoms with Gasteiger partial charge in [0.2, 0.25) is 0 Å². The number of nitrogens with zero attached hydrogens (tertiary/aromatic N) is 1. The molecule has 4 nitrogen and oxygen atoms in total. The zero-order valence-electron chi connectivity index (χ0n) is 10.9. The molecular weight excluding hydrogens is 276 g/mol. The minimum absolute atomic E-state index is 0.559. The molecule has 102 valence electrons. The standard InChI is InChI=1S/C15H13ClN2O2/c1-2-17-10-3-5-14(12(16)7-10)20-11-4-6-15-13(8-11)18-9-19-15/h3-9,17H,2H2,1H3. The molecule has 20 heavy (non-hydrogen) atoms. The number of hydrogen-bond acceptors (Lipinski definition) is 4. The van der Waals surface area contributed by atoms with E-state index in [1.807, 2.05) is 43.3 Å². The van der Waals surface area contributed by atoms with Crippen LogP contribution < -0.4 is 10.1 Å². The highest BCUT2D eigenvalue weighted by molar-refractivity contribution is 6.32. The Labute approximate surface area is 121 Å². The van der Waals surface area contributed by atoms with Crippen molar-refractivity contribution in [1.82, 2.24) is 4.98 Å². The third kappa shape index (κ3) is 2.56. The molecule has 0 saturated carbocycles. The number of aromatic nitrogens is 1. The first kappa shape index (κ1) is 12.8. The van der Waals surface area contributed by atoms with E-state index in [4.69, 9.17) is 20.8 Å². The van der Waals surface area contributed by atoms with Gasteiger partial charge in [0.15, 0.2) is 12.0 Å². The van der Waals surface area contributed by atoms with E-state index in [-0.39, 0.29) is 0 Å². The summed E-state index contributed by atoms with van der Waals surface area (Å²) in [5.74, 6) is 1.28. The van der Waals surface area contributed by atoms with Crippen molar-refractivity contribution in [3.05, 3.63) is 47.8 Å². The first-order chi connectivity index (χ1) is 9.76. The topological polar surface area (TPSA) is 47.3 Å². The molecule has 0 radical (unpaired) electrons. The second-order valence-corrected chi connectivity index (χ2v) is 4.67. The molecular formula is C15H13ClN2O2. The van der Waals surface area contributed by atoms with Crippen LogP contribution in [0.25, 0.3) is 11.1 Å². The number of rotatable bonds is 4. The Kier molecular flexibility index (Phi) is 3.48. The number of fused-ring (bicyclic) bond motifs is 1. The van der Waals surface area contributed by atoms with Crippen LogP contribution >= 0.6 is 11.6 Å². The van der Waals surface area contributed by atoms with Crippen LogP contribution in [0.3, 0.4) is 0 Å². The van der Waals surface area contributed by atoms with Gasteiger partial charge in [0.1, 0.15) is 17.0 Å². The molecule has 0 saturated heterocycles. The monoisotopic (exact) mass is 288 g/mol. The van der Waals surface area contributed by atoms with Gasteiger partial charge >= 0.3 is 0 Å². The van der Waals surface area contributed by atoms with Gasteiger partial charge in [-0.15, -0.1) is 0 Å². The molecule has 3 rings (SSSR count). The lowest BCUT2D eigenvalue weighted by Crippen LogP contribution is -1.96. The van der Waals surface area contributed by atoms with Crippen molar-refractivity contribution in [3.63, 3.8) is 0 Å². The second kappa shape index (κ2) is 5.43. The fourth-order valence-corrected chi connectivity index (χ4v) is 2.14. The summed E-state index contributed by atoms with van der Waals surface area (Å²) in [7, 11) is 0. The van der Waals surface area contributed by atoms with Crippen LogP contribution in [-0.4, -0.2) is 11.5 Å². The Morgan fingerprint density at radius 1 is 1.25 bits per heavy atom. The normalized spacial score (nSPS) is 10.7. The lowest BCUT2D eigenvalue weighted by atomic mass is 10.3. The third-order valence-electron chi connectivity index (χ3n) is 2.84.